The van der Waals surface area contributed by atoms with Crippen LogP contribution in [0.1, 0.15) is 24.8 Å². The second-order valence-electron chi connectivity index (χ2n) is 5.43. The third kappa shape index (κ3) is 5.11. The first-order chi connectivity index (χ1) is 11.0. The highest BCUT2D eigenvalue weighted by atomic mass is 35.5. The monoisotopic (exact) mass is 341 g/mol. The van der Waals surface area contributed by atoms with Gasteiger partial charge in [-0.25, -0.2) is 4.79 Å². The Morgan fingerprint density at radius 3 is 2.78 bits per heavy atom. The molecule has 1 fully saturated rings. The summed E-state index contributed by atoms with van der Waals surface area (Å²) in [5.74, 6) is -0.521. The van der Waals surface area contributed by atoms with Crippen molar-refractivity contribution in [1.29, 1.82) is 0 Å². The van der Waals surface area contributed by atoms with E-state index < -0.39 is 18.2 Å². The molecule has 1 aliphatic heterocycles. The van der Waals surface area contributed by atoms with E-state index in [-0.39, 0.29) is 5.91 Å². The Morgan fingerprint density at radius 1 is 1.39 bits per heavy atom. The fourth-order valence-electron chi connectivity index (χ4n) is 2.37. The van der Waals surface area contributed by atoms with Gasteiger partial charge >= 0.3 is 5.97 Å². The number of benzene rings is 1. The van der Waals surface area contributed by atoms with Gasteiger partial charge in [0.2, 0.25) is 5.91 Å². The molecule has 126 valence electrons. The second-order valence-corrected chi connectivity index (χ2v) is 5.87. The van der Waals surface area contributed by atoms with Gasteiger partial charge in [0.25, 0.3) is 0 Å². The van der Waals surface area contributed by atoms with Gasteiger partial charge in [0.15, 0.2) is 6.10 Å². The first-order valence-corrected chi connectivity index (χ1v) is 7.90. The van der Waals surface area contributed by atoms with E-state index in [0.717, 1.165) is 11.3 Å². The highest BCUT2D eigenvalue weighted by Crippen LogP contribution is 2.22. The molecular weight excluding hydrogens is 322 g/mol. The van der Waals surface area contributed by atoms with Crippen molar-refractivity contribution in [2.24, 2.45) is 0 Å². The predicted molar refractivity (Wildman–Crippen MR) is 84.8 cm³/mol. The van der Waals surface area contributed by atoms with Gasteiger partial charge in [-0.05, 0) is 49.9 Å². The Morgan fingerprint density at radius 2 is 2.13 bits per heavy atom. The molecule has 1 aromatic carbocycles. The van der Waals surface area contributed by atoms with Crippen LogP contribution < -0.4 is 10.1 Å². The lowest BCUT2D eigenvalue weighted by molar-refractivity contribution is -0.151. The van der Waals surface area contributed by atoms with E-state index in [9.17, 15) is 9.59 Å². The number of amides is 1. The summed E-state index contributed by atoms with van der Waals surface area (Å²) in [5, 5.41) is 12.2. The molecule has 23 heavy (non-hydrogen) atoms. The van der Waals surface area contributed by atoms with Crippen LogP contribution in [0.25, 0.3) is 0 Å². The van der Waals surface area contributed by atoms with E-state index in [1.54, 1.807) is 6.07 Å². The number of hydrogen-bond acceptors (Lipinski definition) is 4. The minimum atomic E-state index is -1.02. The molecule has 1 amide bonds. The summed E-state index contributed by atoms with van der Waals surface area (Å²) >= 11 is 5.88. The van der Waals surface area contributed by atoms with Gasteiger partial charge in [0.1, 0.15) is 11.9 Å². The molecule has 1 aliphatic rings. The summed E-state index contributed by atoms with van der Waals surface area (Å²) in [6.45, 7) is 2.83. The lowest BCUT2D eigenvalue weighted by Crippen LogP contribution is -2.36. The molecule has 0 bridgehead atoms. The Hall–Kier alpha value is -1.79. The van der Waals surface area contributed by atoms with Crippen molar-refractivity contribution in [3.63, 3.8) is 0 Å². The maximum atomic E-state index is 11.9. The second kappa shape index (κ2) is 8.17. The van der Waals surface area contributed by atoms with Crippen LogP contribution in [0.3, 0.4) is 0 Å². The van der Waals surface area contributed by atoms with Crippen molar-refractivity contribution < 1.29 is 24.2 Å². The SMILES string of the molecule is Cc1cc(Cl)ccc1OCCCNC(=O)[C@@H]1CC[C@H](C(=O)O)O1. The number of carboxylic acids is 1. The molecule has 0 aliphatic carbocycles. The maximum Gasteiger partial charge on any atom is 0.332 e. The first kappa shape index (κ1) is 17.6. The molecule has 0 saturated carbocycles. The number of hydrogen-bond donors (Lipinski definition) is 2. The van der Waals surface area contributed by atoms with Gasteiger partial charge in [-0.15, -0.1) is 0 Å². The average Bonchev–Trinajstić information content (AvgIpc) is 2.99. The number of carbonyl (C=O) groups excluding carboxylic acids is 1. The van der Waals surface area contributed by atoms with Crippen LogP contribution in [0, 0.1) is 6.92 Å². The summed E-state index contributed by atoms with van der Waals surface area (Å²) in [7, 11) is 0. The van der Waals surface area contributed by atoms with Gasteiger partial charge in [-0.1, -0.05) is 11.6 Å². The third-order valence-corrected chi connectivity index (χ3v) is 3.84. The molecular formula is C16H20ClNO5. The number of aryl methyl sites for hydroxylation is 1. The molecule has 6 nitrogen and oxygen atoms in total. The molecule has 1 aromatic rings. The minimum absolute atomic E-state index is 0.267. The van der Waals surface area contributed by atoms with E-state index >= 15 is 0 Å². The molecule has 1 heterocycles. The summed E-state index contributed by atoms with van der Waals surface area (Å²) in [6.07, 6.45) is -0.101. The summed E-state index contributed by atoms with van der Waals surface area (Å²) in [4.78, 5) is 22.6. The molecule has 0 radical (unpaired) electrons. The highest BCUT2D eigenvalue weighted by molar-refractivity contribution is 6.30. The van der Waals surface area contributed by atoms with E-state index in [2.05, 4.69) is 5.32 Å². The lowest BCUT2D eigenvalue weighted by atomic mass is 10.2. The van der Waals surface area contributed by atoms with Crippen molar-refractivity contribution >= 4 is 23.5 Å². The van der Waals surface area contributed by atoms with Crippen molar-refractivity contribution in [3.8, 4) is 5.75 Å². The molecule has 2 atom stereocenters. The molecule has 1 saturated heterocycles. The van der Waals surface area contributed by atoms with Crippen molar-refractivity contribution in [2.75, 3.05) is 13.2 Å². The number of carboxylic acid groups (broad SMARTS) is 1. The standard InChI is InChI=1S/C16H20ClNO5/c1-10-9-11(17)3-4-12(10)22-8-2-7-18-15(19)13-5-6-14(23-13)16(20)21/h3-4,9,13-14H,2,5-8H2,1H3,(H,18,19)(H,20,21)/t13-,14+/m0/s1. The quantitative estimate of drug-likeness (QED) is 0.742. The number of ether oxygens (including phenoxy) is 2. The molecule has 2 rings (SSSR count). The fraction of sp³-hybridized carbons (Fsp3) is 0.500. The van der Waals surface area contributed by atoms with E-state index in [0.29, 0.717) is 37.4 Å². The van der Waals surface area contributed by atoms with Crippen LogP contribution in [0.15, 0.2) is 18.2 Å². The first-order valence-electron chi connectivity index (χ1n) is 7.52. The van der Waals surface area contributed by atoms with E-state index in [1.165, 1.54) is 0 Å². The number of halogens is 1. The van der Waals surface area contributed by atoms with Crippen LogP contribution in [0.2, 0.25) is 5.02 Å². The Balaban J connectivity index is 1.64. The molecule has 0 spiro atoms. The lowest BCUT2D eigenvalue weighted by Gasteiger charge is -2.12. The maximum absolute atomic E-state index is 11.9. The Kier molecular flexibility index (Phi) is 6.24. The molecule has 2 N–H and O–H groups in total. The normalized spacial score (nSPS) is 20.3. The zero-order valence-electron chi connectivity index (χ0n) is 12.9. The van der Waals surface area contributed by atoms with Gasteiger partial charge in [0.05, 0.1) is 6.61 Å². The van der Waals surface area contributed by atoms with Crippen molar-refractivity contribution in [1.82, 2.24) is 5.32 Å². The van der Waals surface area contributed by atoms with Crippen LogP contribution in [-0.2, 0) is 14.3 Å². The molecule has 0 aromatic heterocycles. The van der Waals surface area contributed by atoms with Crippen LogP contribution in [0.4, 0.5) is 0 Å². The topological polar surface area (TPSA) is 84.9 Å². The third-order valence-electron chi connectivity index (χ3n) is 3.60. The zero-order chi connectivity index (χ0) is 16.8. The van der Waals surface area contributed by atoms with Gasteiger partial charge in [-0.2, -0.15) is 0 Å². The Labute approximate surface area is 139 Å². The number of rotatable bonds is 7. The Bertz CT molecular complexity index is 578. The van der Waals surface area contributed by atoms with Gasteiger partial charge < -0.3 is 19.9 Å². The average molecular weight is 342 g/mol. The van der Waals surface area contributed by atoms with Gasteiger partial charge in [0, 0.05) is 11.6 Å². The smallest absolute Gasteiger partial charge is 0.332 e. The van der Waals surface area contributed by atoms with Crippen molar-refractivity contribution in [2.45, 2.75) is 38.4 Å². The summed E-state index contributed by atoms with van der Waals surface area (Å²) < 4.78 is 10.8. The zero-order valence-corrected chi connectivity index (χ0v) is 13.6. The van der Waals surface area contributed by atoms with Crippen molar-refractivity contribution in [3.05, 3.63) is 28.8 Å². The number of aliphatic carboxylic acids is 1. The minimum Gasteiger partial charge on any atom is -0.493 e. The van der Waals surface area contributed by atoms with E-state index in [4.69, 9.17) is 26.2 Å². The number of carbonyl (C=O) groups is 2. The fourth-order valence-corrected chi connectivity index (χ4v) is 2.59. The van der Waals surface area contributed by atoms with Crippen LogP contribution in [0.5, 0.6) is 5.75 Å². The summed E-state index contributed by atoms with van der Waals surface area (Å²) in [5.41, 5.74) is 0.959. The number of nitrogens with one attached hydrogen (secondary N) is 1. The highest BCUT2D eigenvalue weighted by Gasteiger charge is 2.34. The van der Waals surface area contributed by atoms with Crippen LogP contribution in [-0.4, -0.2) is 42.3 Å². The molecule has 7 heteroatoms. The predicted octanol–water partition coefficient (Wildman–Crippen LogP) is 2.17. The van der Waals surface area contributed by atoms with E-state index in [1.807, 2.05) is 19.1 Å². The largest absolute Gasteiger partial charge is 0.493 e. The van der Waals surface area contributed by atoms with Gasteiger partial charge in [-0.3, -0.25) is 4.79 Å². The molecule has 0 unspecified atom stereocenters. The summed E-state index contributed by atoms with van der Waals surface area (Å²) in [6, 6.07) is 5.41. The van der Waals surface area contributed by atoms with Crippen LogP contribution >= 0.6 is 11.6 Å².